The molecule has 0 spiro atoms. The van der Waals surface area contributed by atoms with Gasteiger partial charge in [0, 0.05) is 0 Å². The van der Waals surface area contributed by atoms with Crippen LogP contribution in [0.25, 0.3) is 0 Å². The van der Waals surface area contributed by atoms with Crippen LogP contribution in [0.4, 0.5) is 13.2 Å². The summed E-state index contributed by atoms with van der Waals surface area (Å²) in [7, 11) is 0. The van der Waals surface area contributed by atoms with Gasteiger partial charge in [0.2, 0.25) is 0 Å². The molecule has 0 saturated heterocycles. The van der Waals surface area contributed by atoms with Gasteiger partial charge in [-0.15, -0.1) is 6.58 Å². The summed E-state index contributed by atoms with van der Waals surface area (Å²) >= 11 is 0. The number of allylic oxidation sites excluding steroid dienone is 1. The zero-order valence-corrected chi connectivity index (χ0v) is 7.05. The van der Waals surface area contributed by atoms with Crippen molar-refractivity contribution in [1.29, 1.82) is 0 Å². The van der Waals surface area contributed by atoms with E-state index in [1.807, 2.05) is 0 Å². The molecule has 0 aromatic carbocycles. The van der Waals surface area contributed by atoms with E-state index >= 15 is 0 Å². The molecule has 0 rings (SSSR count). The van der Waals surface area contributed by atoms with E-state index in [1.165, 1.54) is 13.8 Å². The minimum absolute atomic E-state index is 0.00347. The van der Waals surface area contributed by atoms with Crippen LogP contribution < -0.4 is 0 Å². The van der Waals surface area contributed by atoms with Crippen molar-refractivity contribution in [2.45, 2.75) is 33.4 Å². The van der Waals surface area contributed by atoms with Gasteiger partial charge >= 0.3 is 6.18 Å². The molecule has 0 aliphatic rings. The van der Waals surface area contributed by atoms with Crippen LogP contribution in [0, 0.1) is 5.41 Å². The summed E-state index contributed by atoms with van der Waals surface area (Å²) in [5.41, 5.74) is -1.08. The van der Waals surface area contributed by atoms with Gasteiger partial charge in [0.05, 0.1) is 5.41 Å². The molecule has 0 radical (unpaired) electrons. The highest BCUT2D eigenvalue weighted by Crippen LogP contribution is 2.41. The minimum Gasteiger partial charge on any atom is -0.171 e. The summed E-state index contributed by atoms with van der Waals surface area (Å²) < 4.78 is 36.5. The van der Waals surface area contributed by atoms with Gasteiger partial charge < -0.3 is 0 Å². The molecule has 3 heteroatoms. The van der Waals surface area contributed by atoms with Crippen molar-refractivity contribution in [1.82, 2.24) is 0 Å². The smallest absolute Gasteiger partial charge is 0.171 e. The number of hydrogen-bond donors (Lipinski definition) is 0. The van der Waals surface area contributed by atoms with Crippen LogP contribution in [0.5, 0.6) is 0 Å². The molecule has 0 saturated carbocycles. The maximum Gasteiger partial charge on any atom is 0.394 e. The van der Waals surface area contributed by atoms with Gasteiger partial charge in [-0.2, -0.15) is 13.2 Å². The van der Waals surface area contributed by atoms with E-state index in [4.69, 9.17) is 0 Å². The minimum atomic E-state index is -4.13. The van der Waals surface area contributed by atoms with Crippen molar-refractivity contribution in [2.24, 2.45) is 5.41 Å². The number of alkyl halides is 3. The predicted octanol–water partition coefficient (Wildman–Crippen LogP) is 3.54. The molecule has 0 aromatic rings. The Morgan fingerprint density at radius 2 is 1.64 bits per heavy atom. The quantitative estimate of drug-likeness (QED) is 0.550. The second-order valence-corrected chi connectivity index (χ2v) is 3.52. The van der Waals surface area contributed by atoms with Crippen LogP contribution in [-0.4, -0.2) is 6.18 Å². The molecule has 0 bridgehead atoms. The zero-order valence-electron chi connectivity index (χ0n) is 7.05. The highest BCUT2D eigenvalue weighted by Gasteiger charge is 2.46. The first-order valence-electron chi connectivity index (χ1n) is 3.38. The highest BCUT2D eigenvalue weighted by molar-refractivity contribution is 4.96. The van der Waals surface area contributed by atoms with Crippen LogP contribution in [0.3, 0.4) is 0 Å². The SMILES string of the molecule is C=C(C)CC(C)(C)C(F)(F)F. The maximum atomic E-state index is 12.2. The molecular weight excluding hydrogens is 153 g/mol. The van der Waals surface area contributed by atoms with Crippen LogP contribution in [-0.2, 0) is 0 Å². The number of halogens is 3. The summed E-state index contributed by atoms with van der Waals surface area (Å²) in [6.07, 6.45) is -4.14. The Balaban J connectivity index is 4.34. The summed E-state index contributed by atoms with van der Waals surface area (Å²) in [5.74, 6) is 0. The Morgan fingerprint density at radius 1 is 1.27 bits per heavy atom. The van der Waals surface area contributed by atoms with Gasteiger partial charge in [0.1, 0.15) is 0 Å². The second kappa shape index (κ2) is 2.88. The van der Waals surface area contributed by atoms with Crippen molar-refractivity contribution in [2.75, 3.05) is 0 Å². The number of rotatable bonds is 2. The van der Waals surface area contributed by atoms with Gasteiger partial charge in [0.25, 0.3) is 0 Å². The van der Waals surface area contributed by atoms with E-state index in [0.29, 0.717) is 5.57 Å². The van der Waals surface area contributed by atoms with E-state index in [2.05, 4.69) is 6.58 Å². The van der Waals surface area contributed by atoms with Crippen LogP contribution in [0.2, 0.25) is 0 Å². The standard InChI is InChI=1S/C8H13F3/c1-6(2)5-7(3,4)8(9,10)11/h1,5H2,2-4H3. The Bertz CT molecular complexity index is 153. The van der Waals surface area contributed by atoms with Crippen molar-refractivity contribution in [3.05, 3.63) is 12.2 Å². The average Bonchev–Trinajstić information content (AvgIpc) is 1.56. The Kier molecular flexibility index (Phi) is 2.75. The van der Waals surface area contributed by atoms with E-state index in [1.54, 1.807) is 6.92 Å². The van der Waals surface area contributed by atoms with Gasteiger partial charge in [-0.3, -0.25) is 0 Å². The van der Waals surface area contributed by atoms with Crippen molar-refractivity contribution >= 4 is 0 Å². The summed E-state index contributed by atoms with van der Waals surface area (Å²) in [5, 5.41) is 0. The first kappa shape index (κ1) is 10.5. The fourth-order valence-electron chi connectivity index (χ4n) is 0.855. The first-order chi connectivity index (χ1) is 4.67. The van der Waals surface area contributed by atoms with Crippen LogP contribution in [0.1, 0.15) is 27.2 Å². The monoisotopic (exact) mass is 166 g/mol. The van der Waals surface area contributed by atoms with E-state index in [-0.39, 0.29) is 6.42 Å². The van der Waals surface area contributed by atoms with Crippen molar-refractivity contribution < 1.29 is 13.2 Å². The third kappa shape index (κ3) is 2.95. The average molecular weight is 166 g/mol. The number of hydrogen-bond acceptors (Lipinski definition) is 0. The maximum absolute atomic E-state index is 12.2. The molecule has 0 nitrogen and oxygen atoms in total. The van der Waals surface area contributed by atoms with Crippen molar-refractivity contribution in [3.63, 3.8) is 0 Å². The molecule has 0 N–H and O–H groups in total. The van der Waals surface area contributed by atoms with Gasteiger partial charge in [0.15, 0.2) is 0 Å². The first-order valence-corrected chi connectivity index (χ1v) is 3.38. The molecule has 0 unspecified atom stereocenters. The topological polar surface area (TPSA) is 0 Å². The molecule has 11 heavy (non-hydrogen) atoms. The largest absolute Gasteiger partial charge is 0.394 e. The molecule has 0 fully saturated rings. The third-order valence-corrected chi connectivity index (χ3v) is 1.51. The second-order valence-electron chi connectivity index (χ2n) is 3.52. The Hall–Kier alpha value is -0.470. The van der Waals surface area contributed by atoms with Gasteiger partial charge in [-0.1, -0.05) is 19.4 Å². The molecule has 0 atom stereocenters. The predicted molar refractivity (Wildman–Crippen MR) is 39.3 cm³/mol. The van der Waals surface area contributed by atoms with E-state index in [0.717, 1.165) is 0 Å². The summed E-state index contributed by atoms with van der Waals surface area (Å²) in [6.45, 7) is 7.42. The summed E-state index contributed by atoms with van der Waals surface area (Å²) in [4.78, 5) is 0. The molecule has 66 valence electrons. The highest BCUT2D eigenvalue weighted by atomic mass is 19.4. The molecular formula is C8H13F3. The fourth-order valence-corrected chi connectivity index (χ4v) is 0.855. The van der Waals surface area contributed by atoms with Gasteiger partial charge in [-0.25, -0.2) is 0 Å². The molecule has 0 aromatic heterocycles. The zero-order chi connectivity index (χ0) is 9.28. The Morgan fingerprint density at radius 3 is 1.73 bits per heavy atom. The van der Waals surface area contributed by atoms with E-state index < -0.39 is 11.6 Å². The lowest BCUT2D eigenvalue weighted by Gasteiger charge is -2.27. The van der Waals surface area contributed by atoms with E-state index in [9.17, 15) is 13.2 Å². The molecule has 0 heterocycles. The molecule has 0 amide bonds. The fraction of sp³-hybridized carbons (Fsp3) is 0.750. The van der Waals surface area contributed by atoms with Crippen molar-refractivity contribution in [3.8, 4) is 0 Å². The lowest BCUT2D eigenvalue weighted by Crippen LogP contribution is -2.32. The molecule has 0 aliphatic heterocycles. The normalized spacial score (nSPS) is 13.3. The third-order valence-electron chi connectivity index (χ3n) is 1.51. The van der Waals surface area contributed by atoms with Gasteiger partial charge in [-0.05, 0) is 13.3 Å². The van der Waals surface area contributed by atoms with Crippen LogP contribution >= 0.6 is 0 Å². The summed E-state index contributed by atoms with van der Waals surface area (Å²) in [6, 6.07) is 0. The Labute approximate surface area is 65.1 Å². The van der Waals surface area contributed by atoms with Crippen LogP contribution in [0.15, 0.2) is 12.2 Å². The lowest BCUT2D eigenvalue weighted by molar-refractivity contribution is -0.210. The lowest BCUT2D eigenvalue weighted by atomic mass is 9.86. The molecule has 0 aliphatic carbocycles.